The van der Waals surface area contributed by atoms with Gasteiger partial charge in [0, 0.05) is 36.4 Å². The van der Waals surface area contributed by atoms with Crippen molar-refractivity contribution in [3.8, 4) is 17.1 Å². The summed E-state index contributed by atoms with van der Waals surface area (Å²) in [7, 11) is 0. The Bertz CT molecular complexity index is 1280. The molecule has 35 heavy (non-hydrogen) atoms. The second kappa shape index (κ2) is 11.1. The van der Waals surface area contributed by atoms with Crippen LogP contribution in [0.2, 0.25) is 0 Å². The first kappa shape index (κ1) is 23.7. The second-order valence-electron chi connectivity index (χ2n) is 8.38. The molecule has 0 spiro atoms. The third-order valence-corrected chi connectivity index (χ3v) is 7.92. The van der Waals surface area contributed by atoms with Crippen molar-refractivity contribution in [3.05, 3.63) is 70.4 Å². The number of pyridine rings is 1. The molecule has 8 nitrogen and oxygen atoms in total. The lowest BCUT2D eigenvalue weighted by molar-refractivity contribution is 0.0945. The van der Waals surface area contributed by atoms with Gasteiger partial charge in [-0.3, -0.25) is 14.3 Å². The number of carbonyl (C=O) groups excluding carboxylic acids is 1. The van der Waals surface area contributed by atoms with E-state index < -0.39 is 0 Å². The Balaban J connectivity index is 1.29. The van der Waals surface area contributed by atoms with Crippen molar-refractivity contribution < 1.29 is 4.79 Å². The Morgan fingerprint density at radius 2 is 1.91 bits per heavy atom. The summed E-state index contributed by atoms with van der Waals surface area (Å²) in [5.74, 6) is 1.26. The van der Waals surface area contributed by atoms with Crippen LogP contribution in [0.3, 0.4) is 0 Å². The summed E-state index contributed by atoms with van der Waals surface area (Å²) in [5, 5.41) is 15.5. The number of hydrogen-bond acceptors (Lipinski definition) is 8. The van der Waals surface area contributed by atoms with E-state index in [1.54, 1.807) is 24.2 Å². The zero-order chi connectivity index (χ0) is 24.0. The van der Waals surface area contributed by atoms with Gasteiger partial charge >= 0.3 is 0 Å². The van der Waals surface area contributed by atoms with Crippen molar-refractivity contribution in [2.24, 2.45) is 0 Å². The standard InChI is InChI=1S/C25H27N7OS2/c1-18-6-2-3-7-21(18)32-23(19-8-10-26-11-9-19)29-30-25(32)35-17-22-28-20(16-34-22)24(33)27-12-15-31-13-4-5-14-31/h2-3,6-11,16H,4-5,12-15,17H2,1H3,(H,27,33). The number of likely N-dealkylation sites (tertiary alicyclic amines) is 1. The molecule has 3 aromatic heterocycles. The van der Waals surface area contributed by atoms with E-state index in [1.165, 1.54) is 24.2 Å². The molecular weight excluding hydrogens is 478 g/mol. The van der Waals surface area contributed by atoms with Gasteiger partial charge < -0.3 is 10.2 Å². The van der Waals surface area contributed by atoms with Crippen molar-refractivity contribution in [1.29, 1.82) is 0 Å². The Morgan fingerprint density at radius 1 is 1.11 bits per heavy atom. The van der Waals surface area contributed by atoms with Crippen LogP contribution in [0.1, 0.15) is 33.9 Å². The highest BCUT2D eigenvalue weighted by atomic mass is 32.2. The van der Waals surface area contributed by atoms with Crippen LogP contribution in [0.15, 0.2) is 59.3 Å². The summed E-state index contributed by atoms with van der Waals surface area (Å²) in [6.45, 7) is 5.88. The molecule has 0 bridgehead atoms. The van der Waals surface area contributed by atoms with Crippen molar-refractivity contribution in [3.63, 3.8) is 0 Å². The number of nitrogens with zero attached hydrogens (tertiary/aromatic N) is 6. The van der Waals surface area contributed by atoms with Gasteiger partial charge in [0.1, 0.15) is 10.7 Å². The number of amides is 1. The first-order valence-corrected chi connectivity index (χ1v) is 13.5. The molecule has 4 heterocycles. The van der Waals surface area contributed by atoms with Gasteiger partial charge in [-0.1, -0.05) is 30.0 Å². The average molecular weight is 506 g/mol. The van der Waals surface area contributed by atoms with E-state index in [9.17, 15) is 4.79 Å². The Morgan fingerprint density at radius 3 is 2.71 bits per heavy atom. The van der Waals surface area contributed by atoms with E-state index in [4.69, 9.17) is 0 Å². The molecule has 180 valence electrons. The molecule has 0 saturated carbocycles. The van der Waals surface area contributed by atoms with Gasteiger partial charge in [-0.15, -0.1) is 21.5 Å². The SMILES string of the molecule is Cc1ccccc1-n1c(SCc2nc(C(=O)NCCN3CCCC3)cs2)nnc1-c1ccncc1. The van der Waals surface area contributed by atoms with Gasteiger partial charge in [0.2, 0.25) is 0 Å². The minimum absolute atomic E-state index is 0.111. The predicted octanol–water partition coefficient (Wildman–Crippen LogP) is 4.21. The molecule has 1 amide bonds. The smallest absolute Gasteiger partial charge is 0.270 e. The van der Waals surface area contributed by atoms with Crippen LogP contribution >= 0.6 is 23.1 Å². The predicted molar refractivity (Wildman–Crippen MR) is 139 cm³/mol. The second-order valence-corrected chi connectivity index (χ2v) is 10.3. The summed E-state index contributed by atoms with van der Waals surface area (Å²) in [6.07, 6.45) is 6.02. The Labute approximate surface area is 212 Å². The normalized spacial score (nSPS) is 13.9. The van der Waals surface area contributed by atoms with Gasteiger partial charge in [0.05, 0.1) is 11.4 Å². The molecule has 5 rings (SSSR count). The number of para-hydroxylation sites is 1. The number of aryl methyl sites for hydroxylation is 1. The van der Waals surface area contributed by atoms with Crippen LogP contribution < -0.4 is 5.32 Å². The van der Waals surface area contributed by atoms with Crippen LogP contribution in [-0.4, -0.2) is 61.7 Å². The van der Waals surface area contributed by atoms with Gasteiger partial charge in [-0.05, 0) is 56.6 Å². The lowest BCUT2D eigenvalue weighted by Crippen LogP contribution is -2.33. The van der Waals surface area contributed by atoms with Crippen LogP contribution in [0.5, 0.6) is 0 Å². The van der Waals surface area contributed by atoms with Crippen molar-refractivity contribution in [1.82, 2.24) is 34.9 Å². The highest BCUT2D eigenvalue weighted by Gasteiger charge is 2.19. The van der Waals surface area contributed by atoms with Crippen LogP contribution in [0.25, 0.3) is 17.1 Å². The molecular formula is C25H27N7OS2. The summed E-state index contributed by atoms with van der Waals surface area (Å²) in [6, 6.07) is 12.1. The number of thiazole rings is 1. The van der Waals surface area contributed by atoms with Crippen LogP contribution in [0, 0.1) is 6.92 Å². The maximum Gasteiger partial charge on any atom is 0.270 e. The first-order chi connectivity index (χ1) is 17.2. The third kappa shape index (κ3) is 5.61. The third-order valence-electron chi connectivity index (χ3n) is 5.95. The van der Waals surface area contributed by atoms with Crippen LogP contribution in [-0.2, 0) is 5.75 Å². The molecule has 0 atom stereocenters. The van der Waals surface area contributed by atoms with Crippen molar-refractivity contribution >= 4 is 29.0 Å². The minimum atomic E-state index is -0.111. The quantitative estimate of drug-likeness (QED) is 0.341. The fraction of sp³-hybridized carbons (Fsp3) is 0.320. The molecule has 1 N–H and O–H groups in total. The number of rotatable bonds is 9. The molecule has 1 aliphatic heterocycles. The molecule has 0 unspecified atom stereocenters. The fourth-order valence-electron chi connectivity index (χ4n) is 4.11. The summed E-state index contributed by atoms with van der Waals surface area (Å²) >= 11 is 3.06. The molecule has 1 aromatic carbocycles. The maximum atomic E-state index is 12.5. The lowest BCUT2D eigenvalue weighted by Gasteiger charge is -2.14. The van der Waals surface area contributed by atoms with E-state index >= 15 is 0 Å². The van der Waals surface area contributed by atoms with E-state index in [0.29, 0.717) is 18.0 Å². The molecule has 0 radical (unpaired) electrons. The van der Waals surface area contributed by atoms with Crippen molar-refractivity contribution in [2.75, 3.05) is 26.2 Å². The number of thioether (sulfide) groups is 1. The van der Waals surface area contributed by atoms with Crippen molar-refractivity contribution in [2.45, 2.75) is 30.7 Å². The lowest BCUT2D eigenvalue weighted by atomic mass is 10.2. The van der Waals surface area contributed by atoms with E-state index in [2.05, 4.69) is 54.0 Å². The van der Waals surface area contributed by atoms with E-state index in [-0.39, 0.29) is 5.91 Å². The summed E-state index contributed by atoms with van der Waals surface area (Å²) in [4.78, 5) is 23.6. The van der Waals surface area contributed by atoms with Gasteiger partial charge in [0.25, 0.3) is 5.91 Å². The zero-order valence-electron chi connectivity index (χ0n) is 19.6. The van der Waals surface area contributed by atoms with Gasteiger partial charge in [-0.2, -0.15) is 0 Å². The highest BCUT2D eigenvalue weighted by molar-refractivity contribution is 7.98. The summed E-state index contributed by atoms with van der Waals surface area (Å²) < 4.78 is 2.08. The Kier molecular flexibility index (Phi) is 7.51. The number of benzene rings is 1. The fourth-order valence-corrected chi connectivity index (χ4v) is 5.85. The van der Waals surface area contributed by atoms with E-state index in [1.807, 2.05) is 29.6 Å². The zero-order valence-corrected chi connectivity index (χ0v) is 21.2. The molecule has 0 aliphatic carbocycles. The molecule has 1 fully saturated rings. The number of aromatic nitrogens is 5. The summed E-state index contributed by atoms with van der Waals surface area (Å²) in [5.41, 5.74) is 3.59. The maximum absolute atomic E-state index is 12.5. The number of carbonyl (C=O) groups is 1. The monoisotopic (exact) mass is 505 g/mol. The largest absolute Gasteiger partial charge is 0.349 e. The minimum Gasteiger partial charge on any atom is -0.349 e. The van der Waals surface area contributed by atoms with Gasteiger partial charge in [0.15, 0.2) is 11.0 Å². The van der Waals surface area contributed by atoms with Crippen LogP contribution in [0.4, 0.5) is 0 Å². The molecule has 4 aromatic rings. The first-order valence-electron chi connectivity index (χ1n) is 11.7. The highest BCUT2D eigenvalue weighted by Crippen LogP contribution is 2.31. The average Bonchev–Trinajstić information content (AvgIpc) is 3.65. The topological polar surface area (TPSA) is 88.8 Å². The van der Waals surface area contributed by atoms with Gasteiger partial charge in [-0.25, -0.2) is 4.98 Å². The molecule has 10 heteroatoms. The van der Waals surface area contributed by atoms with E-state index in [0.717, 1.165) is 52.4 Å². The molecule has 1 aliphatic rings. The number of hydrogen-bond donors (Lipinski definition) is 1. The molecule has 1 saturated heterocycles. The Hall–Kier alpha value is -3.08. The number of nitrogens with one attached hydrogen (secondary N) is 1.